The average molecular weight is 172 g/mol. The molecule has 0 aliphatic carbocycles. The molecule has 2 nitrogen and oxygen atoms in total. The van der Waals surface area contributed by atoms with E-state index in [4.69, 9.17) is 5.73 Å². The summed E-state index contributed by atoms with van der Waals surface area (Å²) in [7, 11) is 0. The van der Waals surface area contributed by atoms with Crippen molar-refractivity contribution < 1.29 is 0 Å². The van der Waals surface area contributed by atoms with E-state index in [1.54, 1.807) is 0 Å². The Morgan fingerprint density at radius 2 is 1.92 bits per heavy atom. The molecular weight excluding hydrogens is 148 g/mol. The first kappa shape index (κ1) is 11.9. The number of likely N-dealkylation sites (N-methyl/N-ethyl adjacent to an activating group) is 1. The predicted molar refractivity (Wildman–Crippen MR) is 55.3 cm³/mol. The molecule has 12 heavy (non-hydrogen) atoms. The fourth-order valence-electron chi connectivity index (χ4n) is 1.41. The van der Waals surface area contributed by atoms with E-state index in [2.05, 4.69) is 19.2 Å². The molecule has 74 valence electrons. The molecule has 0 heterocycles. The zero-order valence-corrected chi connectivity index (χ0v) is 8.60. The molecular formula is C10H24N2. The van der Waals surface area contributed by atoms with Gasteiger partial charge in [-0.25, -0.2) is 0 Å². The van der Waals surface area contributed by atoms with Gasteiger partial charge in [0.25, 0.3) is 0 Å². The van der Waals surface area contributed by atoms with E-state index >= 15 is 0 Å². The van der Waals surface area contributed by atoms with E-state index in [9.17, 15) is 0 Å². The highest BCUT2D eigenvalue weighted by Crippen LogP contribution is 2.04. The minimum atomic E-state index is 0.548. The van der Waals surface area contributed by atoms with Crippen molar-refractivity contribution in [3.8, 4) is 0 Å². The normalized spacial score (nSPS) is 13.2. The molecule has 0 rings (SSSR count). The molecule has 0 aliphatic heterocycles. The monoisotopic (exact) mass is 172 g/mol. The summed E-state index contributed by atoms with van der Waals surface area (Å²) in [6.07, 6.45) is 6.60. The summed E-state index contributed by atoms with van der Waals surface area (Å²) >= 11 is 0. The van der Waals surface area contributed by atoms with Crippen molar-refractivity contribution >= 4 is 0 Å². The predicted octanol–water partition coefficient (Wildman–Crippen LogP) is 1.89. The van der Waals surface area contributed by atoms with Gasteiger partial charge in [-0.1, -0.05) is 39.5 Å². The van der Waals surface area contributed by atoms with Crippen molar-refractivity contribution in [2.75, 3.05) is 13.1 Å². The molecule has 0 aromatic heterocycles. The van der Waals surface area contributed by atoms with Gasteiger partial charge in [0.2, 0.25) is 0 Å². The summed E-state index contributed by atoms with van der Waals surface area (Å²) in [4.78, 5) is 0. The second kappa shape index (κ2) is 9.01. The first-order chi connectivity index (χ1) is 5.85. The van der Waals surface area contributed by atoms with Crippen LogP contribution < -0.4 is 11.1 Å². The zero-order valence-electron chi connectivity index (χ0n) is 8.60. The van der Waals surface area contributed by atoms with Gasteiger partial charge in [0.05, 0.1) is 0 Å². The maximum absolute atomic E-state index is 5.61. The van der Waals surface area contributed by atoms with E-state index < -0.39 is 0 Å². The number of hydrogen-bond donors (Lipinski definition) is 2. The minimum Gasteiger partial charge on any atom is -0.329 e. The van der Waals surface area contributed by atoms with Crippen LogP contribution in [0.15, 0.2) is 0 Å². The third-order valence-electron chi connectivity index (χ3n) is 2.18. The minimum absolute atomic E-state index is 0.548. The Morgan fingerprint density at radius 1 is 1.17 bits per heavy atom. The molecule has 3 N–H and O–H groups in total. The Bertz CT molecular complexity index is 83.9. The van der Waals surface area contributed by atoms with Gasteiger partial charge < -0.3 is 11.1 Å². The van der Waals surface area contributed by atoms with Crippen molar-refractivity contribution in [1.82, 2.24) is 5.32 Å². The van der Waals surface area contributed by atoms with Crippen LogP contribution in [0.2, 0.25) is 0 Å². The largest absolute Gasteiger partial charge is 0.329 e. The standard InChI is InChI=1S/C10H24N2/c1-3-5-6-7-8-10(9-11)12-4-2/h10,12H,3-9,11H2,1-2H3. The molecule has 0 saturated carbocycles. The zero-order chi connectivity index (χ0) is 9.23. The van der Waals surface area contributed by atoms with Gasteiger partial charge in [-0.3, -0.25) is 0 Å². The van der Waals surface area contributed by atoms with Gasteiger partial charge in [0.1, 0.15) is 0 Å². The molecule has 0 fully saturated rings. The van der Waals surface area contributed by atoms with E-state index in [0.717, 1.165) is 13.1 Å². The Morgan fingerprint density at radius 3 is 2.42 bits per heavy atom. The summed E-state index contributed by atoms with van der Waals surface area (Å²) in [5.41, 5.74) is 5.61. The van der Waals surface area contributed by atoms with Crippen LogP contribution in [0.4, 0.5) is 0 Å². The quantitative estimate of drug-likeness (QED) is 0.549. The number of rotatable bonds is 8. The van der Waals surface area contributed by atoms with Crippen molar-refractivity contribution in [2.45, 2.75) is 52.0 Å². The molecule has 1 unspecified atom stereocenters. The van der Waals surface area contributed by atoms with Crippen LogP contribution in [-0.2, 0) is 0 Å². The van der Waals surface area contributed by atoms with Crippen LogP contribution in [-0.4, -0.2) is 19.1 Å². The molecule has 2 heteroatoms. The van der Waals surface area contributed by atoms with Crippen molar-refractivity contribution in [1.29, 1.82) is 0 Å². The van der Waals surface area contributed by atoms with E-state index in [-0.39, 0.29) is 0 Å². The van der Waals surface area contributed by atoms with Crippen LogP contribution in [0.5, 0.6) is 0 Å². The van der Waals surface area contributed by atoms with Gasteiger partial charge in [-0.05, 0) is 13.0 Å². The second-order valence-corrected chi connectivity index (χ2v) is 3.34. The third kappa shape index (κ3) is 6.62. The topological polar surface area (TPSA) is 38.0 Å². The third-order valence-corrected chi connectivity index (χ3v) is 2.18. The lowest BCUT2D eigenvalue weighted by Gasteiger charge is -2.14. The highest BCUT2D eigenvalue weighted by atomic mass is 14.9. The van der Waals surface area contributed by atoms with E-state index in [0.29, 0.717) is 6.04 Å². The molecule has 0 spiro atoms. The molecule has 0 aromatic rings. The fourth-order valence-corrected chi connectivity index (χ4v) is 1.41. The van der Waals surface area contributed by atoms with Crippen molar-refractivity contribution in [3.05, 3.63) is 0 Å². The van der Waals surface area contributed by atoms with Gasteiger partial charge in [-0.2, -0.15) is 0 Å². The molecule has 0 bridgehead atoms. The molecule has 1 atom stereocenters. The van der Waals surface area contributed by atoms with Gasteiger partial charge in [0, 0.05) is 12.6 Å². The van der Waals surface area contributed by atoms with Crippen molar-refractivity contribution in [3.63, 3.8) is 0 Å². The Kier molecular flexibility index (Phi) is 8.95. The number of hydrogen-bond acceptors (Lipinski definition) is 2. The Labute approximate surface area is 76.9 Å². The highest BCUT2D eigenvalue weighted by Gasteiger charge is 2.02. The van der Waals surface area contributed by atoms with Crippen LogP contribution in [0.1, 0.15) is 46.0 Å². The first-order valence-electron chi connectivity index (χ1n) is 5.28. The van der Waals surface area contributed by atoms with E-state index in [1.165, 1.54) is 32.1 Å². The lowest BCUT2D eigenvalue weighted by atomic mass is 10.1. The van der Waals surface area contributed by atoms with Crippen LogP contribution >= 0.6 is 0 Å². The number of unbranched alkanes of at least 4 members (excludes halogenated alkanes) is 3. The smallest absolute Gasteiger partial charge is 0.0190 e. The SMILES string of the molecule is CCCCCCC(CN)NCC. The number of nitrogens with one attached hydrogen (secondary N) is 1. The maximum Gasteiger partial charge on any atom is 0.0190 e. The molecule has 0 amide bonds. The maximum atomic E-state index is 5.61. The van der Waals surface area contributed by atoms with Crippen molar-refractivity contribution in [2.24, 2.45) is 5.73 Å². The first-order valence-corrected chi connectivity index (χ1v) is 5.28. The van der Waals surface area contributed by atoms with Crippen LogP contribution in [0.25, 0.3) is 0 Å². The van der Waals surface area contributed by atoms with Gasteiger partial charge in [0.15, 0.2) is 0 Å². The summed E-state index contributed by atoms with van der Waals surface area (Å²) in [5, 5.41) is 3.38. The Balaban J connectivity index is 3.19. The van der Waals surface area contributed by atoms with Crippen LogP contribution in [0, 0.1) is 0 Å². The second-order valence-electron chi connectivity index (χ2n) is 3.34. The van der Waals surface area contributed by atoms with Gasteiger partial charge >= 0.3 is 0 Å². The van der Waals surface area contributed by atoms with Gasteiger partial charge in [-0.15, -0.1) is 0 Å². The molecule has 0 radical (unpaired) electrons. The van der Waals surface area contributed by atoms with Crippen LogP contribution in [0.3, 0.4) is 0 Å². The summed E-state index contributed by atoms with van der Waals surface area (Å²) in [6, 6.07) is 0.548. The Hall–Kier alpha value is -0.0800. The summed E-state index contributed by atoms with van der Waals surface area (Å²) in [5.74, 6) is 0. The number of nitrogens with two attached hydrogens (primary N) is 1. The molecule has 0 saturated heterocycles. The van der Waals surface area contributed by atoms with E-state index in [1.807, 2.05) is 0 Å². The molecule has 0 aromatic carbocycles. The summed E-state index contributed by atoms with van der Waals surface area (Å²) < 4.78 is 0. The summed E-state index contributed by atoms with van der Waals surface area (Å²) in [6.45, 7) is 6.19. The molecule has 0 aliphatic rings. The lowest BCUT2D eigenvalue weighted by molar-refractivity contribution is 0.472. The average Bonchev–Trinajstić information content (AvgIpc) is 2.10. The fraction of sp³-hybridized carbons (Fsp3) is 1.00. The highest BCUT2D eigenvalue weighted by molar-refractivity contribution is 4.66. The lowest BCUT2D eigenvalue weighted by Crippen LogP contribution is -2.35.